The van der Waals surface area contributed by atoms with Gasteiger partial charge in [0.05, 0.1) is 16.4 Å². The molecule has 0 saturated heterocycles. The van der Waals surface area contributed by atoms with Gasteiger partial charge in [-0.15, -0.1) is 0 Å². The third-order valence-corrected chi connectivity index (χ3v) is 4.18. The van der Waals surface area contributed by atoms with Gasteiger partial charge in [-0.1, -0.05) is 38.8 Å². The predicted octanol–water partition coefficient (Wildman–Crippen LogP) is 3.69. The van der Waals surface area contributed by atoms with Gasteiger partial charge < -0.3 is 5.32 Å². The first kappa shape index (κ1) is 16.5. The van der Waals surface area contributed by atoms with Crippen molar-refractivity contribution < 1.29 is 0 Å². The molecule has 0 spiro atoms. The van der Waals surface area contributed by atoms with Gasteiger partial charge >= 0.3 is 0 Å². The Morgan fingerprint density at radius 3 is 2.47 bits per heavy atom. The van der Waals surface area contributed by atoms with E-state index in [0.717, 1.165) is 36.6 Å². The minimum Gasteiger partial charge on any atom is -0.319 e. The summed E-state index contributed by atoms with van der Waals surface area (Å²) in [6, 6.07) is 0. The van der Waals surface area contributed by atoms with E-state index in [1.54, 1.807) is 0 Å². The van der Waals surface area contributed by atoms with Gasteiger partial charge in [0.25, 0.3) is 0 Å². The van der Waals surface area contributed by atoms with Crippen LogP contribution in [0.4, 0.5) is 0 Å². The lowest BCUT2D eigenvalue weighted by atomic mass is 9.81. The van der Waals surface area contributed by atoms with Crippen molar-refractivity contribution in [3.05, 3.63) is 16.4 Å². The number of halogens is 1. The fourth-order valence-corrected chi connectivity index (χ4v) is 3.20. The van der Waals surface area contributed by atoms with E-state index in [2.05, 4.69) is 42.8 Å². The van der Waals surface area contributed by atoms with Gasteiger partial charge in [-0.25, -0.2) is 0 Å². The Balaban J connectivity index is 3.04. The second-order valence-electron chi connectivity index (χ2n) is 5.64. The van der Waals surface area contributed by atoms with Crippen molar-refractivity contribution in [1.29, 1.82) is 0 Å². The molecule has 0 aliphatic carbocycles. The largest absolute Gasteiger partial charge is 0.319 e. The van der Waals surface area contributed by atoms with Crippen molar-refractivity contribution in [2.45, 2.75) is 59.9 Å². The molecule has 0 aliphatic heterocycles. The van der Waals surface area contributed by atoms with Crippen molar-refractivity contribution in [1.82, 2.24) is 15.1 Å². The van der Waals surface area contributed by atoms with Gasteiger partial charge in [0, 0.05) is 13.1 Å². The van der Waals surface area contributed by atoms with Crippen LogP contribution in [0.15, 0.2) is 0 Å². The molecule has 0 aliphatic rings. The lowest BCUT2D eigenvalue weighted by molar-refractivity contribution is 0.275. The van der Waals surface area contributed by atoms with Crippen molar-refractivity contribution in [3.8, 4) is 0 Å². The van der Waals surface area contributed by atoms with E-state index in [4.69, 9.17) is 11.6 Å². The Labute approximate surface area is 122 Å². The van der Waals surface area contributed by atoms with Crippen molar-refractivity contribution >= 4 is 11.6 Å². The van der Waals surface area contributed by atoms with Crippen LogP contribution in [-0.4, -0.2) is 23.4 Å². The van der Waals surface area contributed by atoms with Crippen LogP contribution in [-0.2, 0) is 19.4 Å². The Morgan fingerprint density at radius 2 is 2.00 bits per heavy atom. The average molecular weight is 286 g/mol. The first-order chi connectivity index (χ1) is 9.01. The number of aromatic nitrogens is 2. The van der Waals surface area contributed by atoms with Crippen LogP contribution in [0, 0.1) is 5.41 Å². The third-order valence-electron chi connectivity index (χ3n) is 3.75. The zero-order valence-corrected chi connectivity index (χ0v) is 13.8. The molecule has 0 amide bonds. The van der Waals surface area contributed by atoms with Crippen LogP contribution in [0.5, 0.6) is 0 Å². The summed E-state index contributed by atoms with van der Waals surface area (Å²) in [5, 5.41) is 8.81. The maximum atomic E-state index is 6.51. The molecule has 110 valence electrons. The number of hydrogen-bond acceptors (Lipinski definition) is 2. The molecule has 1 rings (SSSR count). The molecule has 0 bridgehead atoms. The van der Waals surface area contributed by atoms with Gasteiger partial charge in [0.1, 0.15) is 0 Å². The summed E-state index contributed by atoms with van der Waals surface area (Å²) in [4.78, 5) is 0. The normalized spacial score (nSPS) is 14.6. The molecule has 0 saturated carbocycles. The second kappa shape index (κ2) is 7.30. The minimum atomic E-state index is 0.241. The summed E-state index contributed by atoms with van der Waals surface area (Å²) in [7, 11) is 2.02. The summed E-state index contributed by atoms with van der Waals surface area (Å²) in [5.74, 6) is 0. The second-order valence-corrected chi connectivity index (χ2v) is 6.02. The molecular weight excluding hydrogens is 258 g/mol. The lowest BCUT2D eigenvalue weighted by Gasteiger charge is -2.29. The molecule has 1 heterocycles. The van der Waals surface area contributed by atoms with E-state index in [-0.39, 0.29) is 5.41 Å². The van der Waals surface area contributed by atoms with Crippen molar-refractivity contribution in [2.75, 3.05) is 13.6 Å². The summed E-state index contributed by atoms with van der Waals surface area (Å²) >= 11 is 6.51. The van der Waals surface area contributed by atoms with E-state index in [0.29, 0.717) is 0 Å². The first-order valence-electron chi connectivity index (χ1n) is 7.40. The Hall–Kier alpha value is -0.540. The van der Waals surface area contributed by atoms with E-state index >= 15 is 0 Å². The highest BCUT2D eigenvalue weighted by atomic mass is 35.5. The summed E-state index contributed by atoms with van der Waals surface area (Å²) < 4.78 is 2.07. The highest BCUT2D eigenvalue weighted by Gasteiger charge is 2.27. The SMILES string of the molecule is CCCC(C)(CNC)Cc1c(Cl)c(CC)nn1CC. The quantitative estimate of drug-likeness (QED) is 0.789. The van der Waals surface area contributed by atoms with Crippen molar-refractivity contribution in [2.24, 2.45) is 5.41 Å². The van der Waals surface area contributed by atoms with Gasteiger partial charge in [-0.05, 0) is 38.6 Å². The molecule has 1 atom stereocenters. The number of aryl methyl sites for hydroxylation is 2. The molecule has 1 aromatic heterocycles. The van der Waals surface area contributed by atoms with Crippen LogP contribution >= 0.6 is 11.6 Å². The first-order valence-corrected chi connectivity index (χ1v) is 7.77. The zero-order valence-electron chi connectivity index (χ0n) is 13.0. The molecule has 1 aromatic rings. The zero-order chi connectivity index (χ0) is 14.5. The minimum absolute atomic E-state index is 0.241. The lowest BCUT2D eigenvalue weighted by Crippen LogP contribution is -2.32. The van der Waals surface area contributed by atoms with Crippen LogP contribution in [0.25, 0.3) is 0 Å². The molecule has 3 nitrogen and oxygen atoms in total. The monoisotopic (exact) mass is 285 g/mol. The molecule has 19 heavy (non-hydrogen) atoms. The Kier molecular flexibility index (Phi) is 6.34. The van der Waals surface area contributed by atoms with Crippen molar-refractivity contribution in [3.63, 3.8) is 0 Å². The maximum absolute atomic E-state index is 6.51. The molecule has 0 fully saturated rings. The van der Waals surface area contributed by atoms with E-state index in [9.17, 15) is 0 Å². The summed E-state index contributed by atoms with van der Waals surface area (Å²) in [5.41, 5.74) is 2.47. The topological polar surface area (TPSA) is 29.9 Å². The summed E-state index contributed by atoms with van der Waals surface area (Å²) in [6.45, 7) is 10.7. The molecule has 4 heteroatoms. The molecule has 1 N–H and O–H groups in total. The highest BCUT2D eigenvalue weighted by molar-refractivity contribution is 6.31. The maximum Gasteiger partial charge on any atom is 0.0850 e. The fraction of sp³-hybridized carbons (Fsp3) is 0.800. The van der Waals surface area contributed by atoms with Gasteiger partial charge in [-0.2, -0.15) is 5.10 Å². The molecular formula is C15H28ClN3. The predicted molar refractivity (Wildman–Crippen MR) is 82.9 cm³/mol. The number of rotatable bonds is 8. The summed E-state index contributed by atoms with van der Waals surface area (Å²) in [6.07, 6.45) is 4.27. The highest BCUT2D eigenvalue weighted by Crippen LogP contribution is 2.32. The molecule has 0 aromatic carbocycles. The Bertz CT molecular complexity index is 392. The van der Waals surface area contributed by atoms with Gasteiger partial charge in [0.2, 0.25) is 0 Å². The fourth-order valence-electron chi connectivity index (χ4n) is 2.86. The van der Waals surface area contributed by atoms with Gasteiger partial charge in [-0.3, -0.25) is 4.68 Å². The molecule has 0 radical (unpaired) electrons. The third kappa shape index (κ3) is 3.96. The van der Waals surface area contributed by atoms with E-state index < -0.39 is 0 Å². The Morgan fingerprint density at radius 1 is 1.32 bits per heavy atom. The number of nitrogens with one attached hydrogen (secondary N) is 1. The van der Waals surface area contributed by atoms with E-state index in [1.165, 1.54) is 18.5 Å². The average Bonchev–Trinajstić information content (AvgIpc) is 2.66. The van der Waals surface area contributed by atoms with E-state index in [1.807, 2.05) is 7.05 Å². The van der Waals surface area contributed by atoms with Crippen LogP contribution in [0.3, 0.4) is 0 Å². The van der Waals surface area contributed by atoms with Gasteiger partial charge in [0.15, 0.2) is 0 Å². The van der Waals surface area contributed by atoms with Crippen LogP contribution in [0.1, 0.15) is 51.9 Å². The smallest absolute Gasteiger partial charge is 0.0850 e. The molecule has 1 unspecified atom stereocenters. The standard InChI is InChI=1S/C15H28ClN3/c1-6-9-15(4,11-17-5)10-13-14(16)12(7-2)18-19(13)8-3/h17H,6-11H2,1-5H3. The van der Waals surface area contributed by atoms with Crippen LogP contribution < -0.4 is 5.32 Å². The number of nitrogens with zero attached hydrogens (tertiary/aromatic N) is 2. The van der Waals surface area contributed by atoms with Crippen LogP contribution in [0.2, 0.25) is 5.02 Å². The number of hydrogen-bond donors (Lipinski definition) is 1.